The Morgan fingerprint density at radius 1 is 1.45 bits per heavy atom. The van der Waals surface area contributed by atoms with Crippen LogP contribution in [0.25, 0.3) is 0 Å². The van der Waals surface area contributed by atoms with E-state index in [4.69, 9.17) is 10.5 Å². The van der Waals surface area contributed by atoms with Crippen molar-refractivity contribution in [3.63, 3.8) is 0 Å². The van der Waals surface area contributed by atoms with Gasteiger partial charge in [0.25, 0.3) is 0 Å². The molecule has 1 aromatic carbocycles. The average molecular weight is 389 g/mol. The summed E-state index contributed by atoms with van der Waals surface area (Å²) in [5.74, 6) is 1.59. The zero-order valence-corrected chi connectivity index (χ0v) is 14.5. The molecule has 1 aromatic rings. The number of hydrogen-bond donors (Lipinski definition) is 1. The van der Waals surface area contributed by atoms with E-state index in [2.05, 4.69) is 22.0 Å². The number of halogens is 1. The Bertz CT molecular complexity index is 446. The Kier molecular flexibility index (Phi) is 7.12. The summed E-state index contributed by atoms with van der Waals surface area (Å²) in [5.41, 5.74) is 7.22. The zero-order chi connectivity index (χ0) is 13.7. The highest BCUT2D eigenvalue weighted by Gasteiger charge is 2.27. The Hall–Kier alpha value is -0.980. The number of methoxy groups -OCH3 is 1. The molecule has 1 fully saturated rings. The number of hydrogen-bond acceptors (Lipinski definition) is 2. The van der Waals surface area contributed by atoms with E-state index < -0.39 is 0 Å². The molecular formula is C15H24IN3O. The van der Waals surface area contributed by atoms with Gasteiger partial charge < -0.3 is 15.4 Å². The molecule has 0 unspecified atom stereocenters. The quantitative estimate of drug-likeness (QED) is 0.352. The molecule has 4 nitrogen and oxygen atoms in total. The van der Waals surface area contributed by atoms with Gasteiger partial charge in [-0.1, -0.05) is 12.1 Å². The van der Waals surface area contributed by atoms with E-state index in [0.29, 0.717) is 12.0 Å². The predicted octanol–water partition coefficient (Wildman–Crippen LogP) is 2.65. The van der Waals surface area contributed by atoms with Crippen LogP contribution in [0.2, 0.25) is 0 Å². The third kappa shape index (κ3) is 5.19. The van der Waals surface area contributed by atoms with Gasteiger partial charge in [-0.2, -0.15) is 0 Å². The Balaban J connectivity index is 0.00000200. The first-order valence-corrected chi connectivity index (χ1v) is 6.86. The van der Waals surface area contributed by atoms with Crippen molar-refractivity contribution in [1.29, 1.82) is 0 Å². The SMILES string of the molecule is COc1cccc(CCCN=C(N)N(C)C2CC2)c1.I. The second kappa shape index (κ2) is 8.34. The van der Waals surface area contributed by atoms with Crippen molar-refractivity contribution in [3.8, 4) is 5.75 Å². The molecule has 0 atom stereocenters. The van der Waals surface area contributed by atoms with Crippen LogP contribution in [0, 0.1) is 0 Å². The number of aryl methyl sites for hydroxylation is 1. The number of rotatable bonds is 6. The molecule has 0 aliphatic heterocycles. The number of ether oxygens (including phenoxy) is 1. The van der Waals surface area contributed by atoms with Crippen LogP contribution < -0.4 is 10.5 Å². The van der Waals surface area contributed by atoms with Crippen LogP contribution in [0.4, 0.5) is 0 Å². The molecule has 1 aliphatic carbocycles. The zero-order valence-electron chi connectivity index (χ0n) is 12.2. The van der Waals surface area contributed by atoms with E-state index >= 15 is 0 Å². The number of benzene rings is 1. The molecule has 0 spiro atoms. The molecule has 0 amide bonds. The summed E-state index contributed by atoms with van der Waals surface area (Å²) in [4.78, 5) is 6.52. The molecular weight excluding hydrogens is 365 g/mol. The van der Waals surface area contributed by atoms with E-state index in [-0.39, 0.29) is 24.0 Å². The van der Waals surface area contributed by atoms with Crippen LogP contribution in [-0.4, -0.2) is 37.6 Å². The van der Waals surface area contributed by atoms with Crippen LogP contribution in [0.1, 0.15) is 24.8 Å². The molecule has 20 heavy (non-hydrogen) atoms. The Morgan fingerprint density at radius 3 is 2.85 bits per heavy atom. The minimum atomic E-state index is 0. The monoisotopic (exact) mass is 389 g/mol. The normalized spacial score (nSPS) is 14.6. The first-order chi connectivity index (χ1) is 9.20. The minimum absolute atomic E-state index is 0. The van der Waals surface area contributed by atoms with E-state index in [1.165, 1.54) is 18.4 Å². The number of aliphatic imine (C=N–C) groups is 1. The second-order valence-electron chi connectivity index (χ2n) is 5.04. The summed E-state index contributed by atoms with van der Waals surface area (Å²) in [6.45, 7) is 0.778. The molecule has 0 bridgehead atoms. The summed E-state index contributed by atoms with van der Waals surface area (Å²) in [5, 5.41) is 0. The maximum absolute atomic E-state index is 5.94. The Morgan fingerprint density at radius 2 is 2.20 bits per heavy atom. The standard InChI is InChI=1S/C15H23N3O.HI/c1-18(13-8-9-13)15(16)17-10-4-6-12-5-3-7-14(11-12)19-2;/h3,5,7,11,13H,4,6,8-10H2,1-2H3,(H2,16,17);1H. The highest BCUT2D eigenvalue weighted by molar-refractivity contribution is 14.0. The third-order valence-electron chi connectivity index (χ3n) is 3.49. The number of guanidine groups is 1. The maximum atomic E-state index is 5.94. The summed E-state index contributed by atoms with van der Waals surface area (Å²) in [6, 6.07) is 8.80. The molecule has 5 heteroatoms. The second-order valence-corrected chi connectivity index (χ2v) is 5.04. The van der Waals surface area contributed by atoms with Crippen molar-refractivity contribution < 1.29 is 4.74 Å². The van der Waals surface area contributed by atoms with Gasteiger partial charge in [-0.25, -0.2) is 0 Å². The smallest absolute Gasteiger partial charge is 0.191 e. The van der Waals surface area contributed by atoms with Gasteiger partial charge in [0.2, 0.25) is 0 Å². The molecule has 112 valence electrons. The van der Waals surface area contributed by atoms with Crippen LogP contribution in [0.15, 0.2) is 29.3 Å². The first-order valence-electron chi connectivity index (χ1n) is 6.86. The van der Waals surface area contributed by atoms with Crippen molar-refractivity contribution in [2.24, 2.45) is 10.7 Å². The summed E-state index contributed by atoms with van der Waals surface area (Å²) < 4.78 is 5.21. The van der Waals surface area contributed by atoms with Crippen molar-refractivity contribution in [3.05, 3.63) is 29.8 Å². The fraction of sp³-hybridized carbons (Fsp3) is 0.533. The average Bonchev–Trinajstić information content (AvgIpc) is 3.27. The highest BCUT2D eigenvalue weighted by atomic mass is 127. The van der Waals surface area contributed by atoms with Crippen LogP contribution in [0.5, 0.6) is 5.75 Å². The molecule has 1 aliphatic rings. The molecule has 0 aromatic heterocycles. The van der Waals surface area contributed by atoms with Crippen molar-refractivity contribution in [2.45, 2.75) is 31.7 Å². The first kappa shape index (κ1) is 17.1. The largest absolute Gasteiger partial charge is 0.497 e. The molecule has 2 N–H and O–H groups in total. The van der Waals surface area contributed by atoms with Gasteiger partial charge >= 0.3 is 0 Å². The van der Waals surface area contributed by atoms with E-state index in [1.54, 1.807) is 7.11 Å². The van der Waals surface area contributed by atoms with Gasteiger partial charge in [0.15, 0.2) is 5.96 Å². The Labute approximate surface area is 138 Å². The lowest BCUT2D eigenvalue weighted by Gasteiger charge is -2.16. The van der Waals surface area contributed by atoms with Crippen molar-refractivity contribution in [1.82, 2.24) is 4.90 Å². The molecule has 0 radical (unpaired) electrons. The van der Waals surface area contributed by atoms with Crippen molar-refractivity contribution in [2.75, 3.05) is 20.7 Å². The van der Waals surface area contributed by atoms with Gasteiger partial charge in [-0.15, -0.1) is 24.0 Å². The van der Waals surface area contributed by atoms with E-state index in [1.807, 2.05) is 19.2 Å². The molecule has 1 saturated carbocycles. The highest BCUT2D eigenvalue weighted by Crippen LogP contribution is 2.24. The lowest BCUT2D eigenvalue weighted by Crippen LogP contribution is -2.35. The topological polar surface area (TPSA) is 50.9 Å². The van der Waals surface area contributed by atoms with Gasteiger partial charge in [-0.05, 0) is 43.4 Å². The van der Waals surface area contributed by atoms with Gasteiger partial charge in [-0.3, -0.25) is 4.99 Å². The summed E-state index contributed by atoms with van der Waals surface area (Å²) in [6.07, 6.45) is 4.50. The molecule has 2 rings (SSSR count). The number of nitrogens with zero attached hydrogens (tertiary/aromatic N) is 2. The summed E-state index contributed by atoms with van der Waals surface area (Å²) in [7, 11) is 3.72. The summed E-state index contributed by atoms with van der Waals surface area (Å²) >= 11 is 0. The van der Waals surface area contributed by atoms with Gasteiger partial charge in [0.1, 0.15) is 5.75 Å². The van der Waals surface area contributed by atoms with Crippen LogP contribution in [0.3, 0.4) is 0 Å². The molecule has 0 heterocycles. The van der Waals surface area contributed by atoms with Crippen molar-refractivity contribution >= 4 is 29.9 Å². The van der Waals surface area contributed by atoms with Gasteiger partial charge in [0, 0.05) is 19.6 Å². The lowest BCUT2D eigenvalue weighted by molar-refractivity contribution is 0.414. The predicted molar refractivity (Wildman–Crippen MR) is 94.0 cm³/mol. The molecule has 0 saturated heterocycles. The third-order valence-corrected chi connectivity index (χ3v) is 3.49. The van der Waals surface area contributed by atoms with Crippen LogP contribution >= 0.6 is 24.0 Å². The van der Waals surface area contributed by atoms with E-state index in [0.717, 1.165) is 25.1 Å². The van der Waals surface area contributed by atoms with Gasteiger partial charge in [0.05, 0.1) is 7.11 Å². The minimum Gasteiger partial charge on any atom is -0.497 e. The number of nitrogens with two attached hydrogens (primary N) is 1. The maximum Gasteiger partial charge on any atom is 0.191 e. The lowest BCUT2D eigenvalue weighted by atomic mass is 10.1. The fourth-order valence-electron chi connectivity index (χ4n) is 2.07. The fourth-order valence-corrected chi connectivity index (χ4v) is 2.07. The van der Waals surface area contributed by atoms with Crippen LogP contribution in [-0.2, 0) is 6.42 Å². The van der Waals surface area contributed by atoms with E-state index in [9.17, 15) is 0 Å².